The maximum absolute atomic E-state index is 11.3. The lowest BCUT2D eigenvalue weighted by Crippen LogP contribution is -2.34. The summed E-state index contributed by atoms with van der Waals surface area (Å²) in [6.45, 7) is 8.97. The highest BCUT2D eigenvalue weighted by Gasteiger charge is 2.40. The maximum Gasteiger partial charge on any atom is 0.405 e. The highest BCUT2D eigenvalue weighted by molar-refractivity contribution is 5.74. The third-order valence-corrected chi connectivity index (χ3v) is 5.63. The molecule has 1 amide bonds. The van der Waals surface area contributed by atoms with Gasteiger partial charge < -0.3 is 15.2 Å². The zero-order valence-corrected chi connectivity index (χ0v) is 17.3. The smallest absolute Gasteiger partial charge is 0.405 e. The topological polar surface area (TPSA) is 58.6 Å². The van der Waals surface area contributed by atoms with Gasteiger partial charge in [0.15, 0.2) is 0 Å². The summed E-state index contributed by atoms with van der Waals surface area (Å²) >= 11 is 0. The maximum atomic E-state index is 11.3. The van der Waals surface area contributed by atoms with Gasteiger partial charge in [0.05, 0.1) is 12.6 Å². The van der Waals surface area contributed by atoms with Gasteiger partial charge >= 0.3 is 6.09 Å². The number of aryl methyl sites for hydroxylation is 1. The van der Waals surface area contributed by atoms with Crippen LogP contribution in [-0.2, 0) is 12.8 Å². The molecule has 0 aliphatic heterocycles. The molecule has 3 rings (SSSR count). The van der Waals surface area contributed by atoms with Crippen molar-refractivity contribution in [1.29, 1.82) is 0 Å². The van der Waals surface area contributed by atoms with E-state index in [0.717, 1.165) is 35.3 Å². The Morgan fingerprint density at radius 1 is 1.21 bits per heavy atom. The molecule has 0 unspecified atom stereocenters. The number of nitrogens with one attached hydrogen (secondary N) is 1. The van der Waals surface area contributed by atoms with Crippen LogP contribution in [0.5, 0.6) is 5.75 Å². The van der Waals surface area contributed by atoms with Gasteiger partial charge in [-0.1, -0.05) is 51.5 Å². The van der Waals surface area contributed by atoms with E-state index in [0.29, 0.717) is 6.61 Å². The molecule has 2 aromatic rings. The Labute approximate surface area is 167 Å². The van der Waals surface area contributed by atoms with Crippen molar-refractivity contribution >= 4 is 6.09 Å². The van der Waals surface area contributed by atoms with Crippen molar-refractivity contribution in [3.8, 4) is 16.9 Å². The van der Waals surface area contributed by atoms with E-state index < -0.39 is 6.09 Å². The van der Waals surface area contributed by atoms with Gasteiger partial charge in [0, 0.05) is 5.56 Å². The Balaban J connectivity index is 2.00. The minimum atomic E-state index is -0.990. The molecule has 1 aliphatic rings. The van der Waals surface area contributed by atoms with Gasteiger partial charge in [-0.05, 0) is 66.0 Å². The Hall–Kier alpha value is -2.49. The predicted octanol–water partition coefficient (Wildman–Crippen LogP) is 5.99. The number of unbranched alkanes of at least 4 members (excludes halogenated alkanes) is 1. The van der Waals surface area contributed by atoms with Gasteiger partial charge in [-0.2, -0.15) is 0 Å². The fourth-order valence-corrected chi connectivity index (χ4v) is 4.21. The fraction of sp³-hybridized carbons (Fsp3) is 0.458. The number of fused-ring (bicyclic) bond motifs is 1. The predicted molar refractivity (Wildman–Crippen MR) is 113 cm³/mol. The van der Waals surface area contributed by atoms with Crippen LogP contribution in [0.3, 0.4) is 0 Å². The largest absolute Gasteiger partial charge is 0.493 e. The second-order valence-corrected chi connectivity index (χ2v) is 8.33. The minimum absolute atomic E-state index is 0.174. The first kappa shape index (κ1) is 20.2. The molecule has 0 bridgehead atoms. The van der Waals surface area contributed by atoms with E-state index in [1.54, 1.807) is 0 Å². The number of amides is 1. The van der Waals surface area contributed by atoms with Crippen LogP contribution < -0.4 is 10.1 Å². The van der Waals surface area contributed by atoms with E-state index >= 15 is 0 Å². The normalized spacial score (nSPS) is 17.2. The van der Waals surface area contributed by atoms with Gasteiger partial charge in [-0.25, -0.2) is 4.79 Å². The molecular formula is C24H31NO3. The molecule has 0 fully saturated rings. The van der Waals surface area contributed by atoms with E-state index in [2.05, 4.69) is 56.4 Å². The summed E-state index contributed by atoms with van der Waals surface area (Å²) in [5.41, 5.74) is 5.62. The van der Waals surface area contributed by atoms with E-state index in [4.69, 9.17) is 4.74 Å². The van der Waals surface area contributed by atoms with Crippen LogP contribution in [-0.4, -0.2) is 17.8 Å². The molecule has 2 N–H and O–H groups in total. The summed E-state index contributed by atoms with van der Waals surface area (Å²) in [5.74, 6) is 0.817. The van der Waals surface area contributed by atoms with Crippen molar-refractivity contribution in [3.63, 3.8) is 0 Å². The van der Waals surface area contributed by atoms with Gasteiger partial charge in [0.2, 0.25) is 0 Å². The van der Waals surface area contributed by atoms with E-state index in [1.807, 2.05) is 13.0 Å². The summed E-state index contributed by atoms with van der Waals surface area (Å²) < 4.78 is 5.96. The minimum Gasteiger partial charge on any atom is -0.493 e. The number of ether oxygens (including phenoxy) is 1. The first-order chi connectivity index (χ1) is 13.4. The molecular weight excluding hydrogens is 350 g/mol. The zero-order chi connectivity index (χ0) is 20.3. The molecule has 150 valence electrons. The quantitative estimate of drug-likeness (QED) is 0.620. The Kier molecular flexibility index (Phi) is 5.97. The third-order valence-electron chi connectivity index (χ3n) is 5.63. The first-order valence-electron chi connectivity index (χ1n) is 10.2. The van der Waals surface area contributed by atoms with Crippen LogP contribution in [0.15, 0.2) is 36.4 Å². The molecule has 0 aromatic heterocycles. The summed E-state index contributed by atoms with van der Waals surface area (Å²) in [7, 11) is 0. The van der Waals surface area contributed by atoms with E-state index in [1.165, 1.54) is 24.0 Å². The molecule has 0 heterocycles. The van der Waals surface area contributed by atoms with Crippen LogP contribution in [0.25, 0.3) is 11.1 Å². The summed E-state index contributed by atoms with van der Waals surface area (Å²) in [4.78, 5) is 11.3. The molecule has 4 nitrogen and oxygen atoms in total. The van der Waals surface area contributed by atoms with Gasteiger partial charge in [0.25, 0.3) is 0 Å². The molecule has 2 aromatic carbocycles. The molecule has 0 saturated carbocycles. The van der Waals surface area contributed by atoms with E-state index in [-0.39, 0.29) is 11.5 Å². The standard InChI is InChI=1S/C24H31NO3/c1-5-7-8-16-9-11-17(12-10-16)19-13-18-15-24(3,4)22(25-23(26)27)20(18)14-21(19)28-6-2/h9-14,22,25H,5-8,15H2,1-4H3,(H,26,27)/t22-/m0/s1. The Morgan fingerprint density at radius 2 is 1.93 bits per heavy atom. The number of hydrogen-bond acceptors (Lipinski definition) is 2. The van der Waals surface area contributed by atoms with Crippen molar-refractivity contribution in [2.24, 2.45) is 5.41 Å². The first-order valence-corrected chi connectivity index (χ1v) is 10.2. The molecule has 0 spiro atoms. The van der Waals surface area contributed by atoms with Crippen LogP contribution >= 0.6 is 0 Å². The highest BCUT2D eigenvalue weighted by Crippen LogP contribution is 2.48. The van der Waals surface area contributed by atoms with Crippen molar-refractivity contribution in [1.82, 2.24) is 5.32 Å². The van der Waals surface area contributed by atoms with Gasteiger partial charge in [-0.3, -0.25) is 0 Å². The van der Waals surface area contributed by atoms with Gasteiger partial charge in [0.1, 0.15) is 5.75 Å². The number of rotatable bonds is 7. The Morgan fingerprint density at radius 3 is 2.54 bits per heavy atom. The van der Waals surface area contributed by atoms with Crippen LogP contribution in [0.4, 0.5) is 4.79 Å². The fourth-order valence-electron chi connectivity index (χ4n) is 4.21. The summed E-state index contributed by atoms with van der Waals surface area (Å²) in [5, 5.41) is 12.0. The average molecular weight is 382 g/mol. The SMILES string of the molecule is CCCCc1ccc(-c2cc3c(cc2OCC)[C@H](NC(=O)O)C(C)(C)C3)cc1. The van der Waals surface area contributed by atoms with Crippen LogP contribution in [0.2, 0.25) is 0 Å². The lowest BCUT2D eigenvalue weighted by molar-refractivity contribution is 0.175. The van der Waals surface area contributed by atoms with Gasteiger partial charge in [-0.15, -0.1) is 0 Å². The molecule has 4 heteroatoms. The molecule has 1 atom stereocenters. The van der Waals surface area contributed by atoms with Crippen molar-refractivity contribution in [3.05, 3.63) is 53.1 Å². The number of benzene rings is 2. The Bertz CT molecular complexity index is 840. The van der Waals surface area contributed by atoms with E-state index in [9.17, 15) is 9.90 Å². The second-order valence-electron chi connectivity index (χ2n) is 8.33. The van der Waals surface area contributed by atoms with Crippen LogP contribution in [0, 0.1) is 5.41 Å². The monoisotopic (exact) mass is 381 g/mol. The average Bonchev–Trinajstić information content (AvgIpc) is 2.89. The highest BCUT2D eigenvalue weighted by atomic mass is 16.5. The second kappa shape index (κ2) is 8.26. The third kappa shape index (κ3) is 4.16. The number of carbonyl (C=O) groups is 1. The molecule has 0 radical (unpaired) electrons. The van der Waals surface area contributed by atoms with Crippen molar-refractivity contribution < 1.29 is 14.6 Å². The zero-order valence-electron chi connectivity index (χ0n) is 17.3. The van der Waals surface area contributed by atoms with Crippen molar-refractivity contribution in [2.45, 2.75) is 59.4 Å². The lowest BCUT2D eigenvalue weighted by Gasteiger charge is -2.27. The number of hydrogen-bond donors (Lipinski definition) is 2. The summed E-state index contributed by atoms with van der Waals surface area (Å²) in [6.07, 6.45) is 3.35. The lowest BCUT2D eigenvalue weighted by atomic mass is 9.85. The molecule has 1 aliphatic carbocycles. The summed E-state index contributed by atoms with van der Waals surface area (Å²) in [6, 6.07) is 12.7. The van der Waals surface area contributed by atoms with Crippen LogP contribution in [0.1, 0.15) is 63.3 Å². The number of carboxylic acid groups (broad SMARTS) is 1. The molecule has 0 saturated heterocycles. The molecule has 28 heavy (non-hydrogen) atoms. The van der Waals surface area contributed by atoms with Crippen molar-refractivity contribution in [2.75, 3.05) is 6.61 Å².